The molecule has 0 aliphatic heterocycles. The van der Waals surface area contributed by atoms with Crippen LogP contribution in [0.3, 0.4) is 0 Å². The van der Waals surface area contributed by atoms with Crippen molar-refractivity contribution in [2.24, 2.45) is 0 Å². The van der Waals surface area contributed by atoms with E-state index in [1.54, 1.807) is 7.05 Å². The number of sulfonamides is 1. The highest BCUT2D eigenvalue weighted by atomic mass is 32.2. The number of unbranched alkanes of at least 4 members (excludes halogenated alkanes) is 2. The predicted molar refractivity (Wildman–Crippen MR) is 64.5 cm³/mol. The minimum atomic E-state index is -3.01. The molecule has 0 fully saturated rings. The van der Waals surface area contributed by atoms with Crippen molar-refractivity contribution in [1.29, 1.82) is 0 Å². The first-order valence-corrected chi connectivity index (χ1v) is 7.24. The van der Waals surface area contributed by atoms with Crippen LogP contribution in [0.15, 0.2) is 0 Å². The first kappa shape index (κ1) is 14.9. The maximum atomic E-state index is 11.7. The van der Waals surface area contributed by atoms with Gasteiger partial charge in [-0.1, -0.05) is 13.3 Å². The van der Waals surface area contributed by atoms with E-state index in [0.29, 0.717) is 6.54 Å². The number of nitrogens with zero attached hydrogens (tertiary/aromatic N) is 1. The molecule has 0 aliphatic carbocycles. The Morgan fingerprint density at radius 1 is 1.20 bits per heavy atom. The summed E-state index contributed by atoms with van der Waals surface area (Å²) in [4.78, 5) is 0. The topological polar surface area (TPSA) is 49.4 Å². The Morgan fingerprint density at radius 2 is 1.87 bits per heavy atom. The third kappa shape index (κ3) is 6.87. The van der Waals surface area contributed by atoms with Gasteiger partial charge in [-0.05, 0) is 32.9 Å². The molecular weight excluding hydrogens is 212 g/mol. The minimum Gasteiger partial charge on any atom is -0.320 e. The van der Waals surface area contributed by atoms with E-state index in [9.17, 15) is 8.42 Å². The van der Waals surface area contributed by atoms with Crippen LogP contribution < -0.4 is 5.32 Å². The molecule has 0 aliphatic rings. The van der Waals surface area contributed by atoms with Crippen molar-refractivity contribution in [3.63, 3.8) is 0 Å². The smallest absolute Gasteiger partial charge is 0.213 e. The average molecular weight is 236 g/mol. The molecule has 15 heavy (non-hydrogen) atoms. The highest BCUT2D eigenvalue weighted by Crippen LogP contribution is 2.04. The van der Waals surface area contributed by atoms with E-state index in [2.05, 4.69) is 12.2 Å². The van der Waals surface area contributed by atoms with Gasteiger partial charge in [-0.2, -0.15) is 0 Å². The van der Waals surface area contributed by atoms with Crippen molar-refractivity contribution >= 4 is 10.0 Å². The van der Waals surface area contributed by atoms with Crippen molar-refractivity contribution in [2.45, 2.75) is 32.6 Å². The lowest BCUT2D eigenvalue weighted by molar-refractivity contribution is 0.457. The van der Waals surface area contributed by atoms with E-state index < -0.39 is 10.0 Å². The second-order valence-corrected chi connectivity index (χ2v) is 6.00. The van der Waals surface area contributed by atoms with Crippen LogP contribution in [0.5, 0.6) is 0 Å². The van der Waals surface area contributed by atoms with Gasteiger partial charge in [0.05, 0.1) is 5.75 Å². The van der Waals surface area contributed by atoms with Crippen molar-refractivity contribution in [3.8, 4) is 0 Å². The summed E-state index contributed by atoms with van der Waals surface area (Å²) < 4.78 is 24.9. The van der Waals surface area contributed by atoms with Crippen LogP contribution in [-0.2, 0) is 10.0 Å². The largest absolute Gasteiger partial charge is 0.320 e. The summed E-state index contributed by atoms with van der Waals surface area (Å²) in [6, 6.07) is 0. The van der Waals surface area contributed by atoms with Crippen LogP contribution in [0.2, 0.25) is 0 Å². The highest BCUT2D eigenvalue weighted by Gasteiger charge is 2.15. The molecule has 4 nitrogen and oxygen atoms in total. The van der Waals surface area contributed by atoms with E-state index in [1.165, 1.54) is 4.31 Å². The molecule has 0 aromatic carbocycles. The Bertz CT molecular complexity index is 240. The Kier molecular flexibility index (Phi) is 8.00. The standard InChI is InChI=1S/C10H24N2O2S/c1-4-5-9-12(3)15(13,14)10-7-6-8-11-2/h11H,4-10H2,1-3H3. The molecule has 0 saturated heterocycles. The Balaban J connectivity index is 3.84. The van der Waals surface area contributed by atoms with E-state index in [4.69, 9.17) is 0 Å². The summed E-state index contributed by atoms with van der Waals surface area (Å²) in [5.41, 5.74) is 0. The lowest BCUT2D eigenvalue weighted by atomic mass is 10.3. The maximum absolute atomic E-state index is 11.7. The summed E-state index contributed by atoms with van der Waals surface area (Å²) in [5.74, 6) is 0.273. The molecule has 0 heterocycles. The average Bonchev–Trinajstić information content (AvgIpc) is 2.21. The Hall–Kier alpha value is -0.130. The number of rotatable bonds is 9. The molecule has 0 aromatic heterocycles. The second-order valence-electron chi connectivity index (χ2n) is 3.80. The van der Waals surface area contributed by atoms with Crippen LogP contribution >= 0.6 is 0 Å². The molecule has 0 unspecified atom stereocenters. The summed E-state index contributed by atoms with van der Waals surface area (Å²) in [7, 11) is 0.539. The number of hydrogen-bond acceptors (Lipinski definition) is 3. The molecule has 5 heteroatoms. The summed E-state index contributed by atoms with van der Waals surface area (Å²) in [6.07, 6.45) is 3.61. The van der Waals surface area contributed by atoms with Gasteiger partial charge >= 0.3 is 0 Å². The van der Waals surface area contributed by atoms with Gasteiger partial charge in [-0.15, -0.1) is 0 Å². The van der Waals surface area contributed by atoms with Gasteiger partial charge < -0.3 is 5.32 Å². The van der Waals surface area contributed by atoms with E-state index in [1.807, 2.05) is 7.05 Å². The zero-order chi connectivity index (χ0) is 11.7. The molecular formula is C10H24N2O2S. The fourth-order valence-corrected chi connectivity index (χ4v) is 2.55. The quantitative estimate of drug-likeness (QED) is 0.609. The normalized spacial score (nSPS) is 12.3. The van der Waals surface area contributed by atoms with Crippen LogP contribution in [0.4, 0.5) is 0 Å². The number of hydrogen-bond donors (Lipinski definition) is 1. The van der Waals surface area contributed by atoms with Crippen LogP contribution in [0, 0.1) is 0 Å². The van der Waals surface area contributed by atoms with Crippen molar-refractivity contribution < 1.29 is 8.42 Å². The molecule has 92 valence electrons. The Labute approximate surface area is 94.1 Å². The SMILES string of the molecule is CCCCN(C)S(=O)(=O)CCCCNC. The van der Waals surface area contributed by atoms with Crippen molar-refractivity contribution in [2.75, 3.05) is 32.9 Å². The molecule has 0 amide bonds. The van der Waals surface area contributed by atoms with Gasteiger partial charge in [0.25, 0.3) is 0 Å². The molecule has 0 aromatic rings. The molecule has 0 atom stereocenters. The lowest BCUT2D eigenvalue weighted by Crippen LogP contribution is -2.30. The second kappa shape index (κ2) is 8.07. The van der Waals surface area contributed by atoms with E-state index >= 15 is 0 Å². The fourth-order valence-electron chi connectivity index (χ4n) is 1.26. The van der Waals surface area contributed by atoms with E-state index in [0.717, 1.165) is 32.2 Å². The predicted octanol–water partition coefficient (Wildman–Crippen LogP) is 1.05. The Morgan fingerprint density at radius 3 is 2.40 bits per heavy atom. The third-order valence-corrected chi connectivity index (χ3v) is 4.32. The summed E-state index contributed by atoms with van der Waals surface area (Å²) in [5, 5.41) is 3.01. The lowest BCUT2D eigenvalue weighted by Gasteiger charge is -2.16. The first-order valence-electron chi connectivity index (χ1n) is 5.63. The zero-order valence-corrected chi connectivity index (χ0v) is 10.9. The molecule has 0 spiro atoms. The van der Waals surface area contributed by atoms with E-state index in [-0.39, 0.29) is 5.75 Å². The number of nitrogens with one attached hydrogen (secondary N) is 1. The molecule has 0 rings (SSSR count). The van der Waals surface area contributed by atoms with Crippen LogP contribution in [0.25, 0.3) is 0 Å². The zero-order valence-electron chi connectivity index (χ0n) is 10.1. The van der Waals surface area contributed by atoms with Crippen molar-refractivity contribution in [1.82, 2.24) is 9.62 Å². The van der Waals surface area contributed by atoms with Crippen LogP contribution in [0.1, 0.15) is 32.6 Å². The monoisotopic (exact) mass is 236 g/mol. The highest BCUT2D eigenvalue weighted by molar-refractivity contribution is 7.89. The minimum absolute atomic E-state index is 0.273. The summed E-state index contributed by atoms with van der Waals surface area (Å²) >= 11 is 0. The molecule has 1 N–H and O–H groups in total. The summed E-state index contributed by atoms with van der Waals surface area (Å²) in [6.45, 7) is 3.59. The first-order chi connectivity index (χ1) is 7.04. The third-order valence-electron chi connectivity index (χ3n) is 2.38. The van der Waals surface area contributed by atoms with Gasteiger partial charge in [0, 0.05) is 13.6 Å². The van der Waals surface area contributed by atoms with Gasteiger partial charge in [-0.3, -0.25) is 0 Å². The van der Waals surface area contributed by atoms with Gasteiger partial charge in [-0.25, -0.2) is 12.7 Å². The molecule has 0 radical (unpaired) electrons. The van der Waals surface area contributed by atoms with Gasteiger partial charge in [0.15, 0.2) is 0 Å². The molecule has 0 bridgehead atoms. The van der Waals surface area contributed by atoms with Crippen LogP contribution in [-0.4, -0.2) is 45.7 Å². The fraction of sp³-hybridized carbons (Fsp3) is 1.00. The molecule has 0 saturated carbocycles. The van der Waals surface area contributed by atoms with Gasteiger partial charge in [0.1, 0.15) is 0 Å². The maximum Gasteiger partial charge on any atom is 0.213 e. The van der Waals surface area contributed by atoms with Gasteiger partial charge in [0.2, 0.25) is 10.0 Å². The van der Waals surface area contributed by atoms with Crippen molar-refractivity contribution in [3.05, 3.63) is 0 Å².